The van der Waals surface area contributed by atoms with Crippen molar-refractivity contribution in [2.24, 2.45) is 0 Å². The Kier molecular flexibility index (Phi) is 5.07. The Labute approximate surface area is 208 Å². The van der Waals surface area contributed by atoms with Crippen LogP contribution in [-0.2, 0) is 4.79 Å². The van der Waals surface area contributed by atoms with Crippen LogP contribution in [0.2, 0.25) is 0 Å². The number of nitrogens with zero attached hydrogens (tertiary/aromatic N) is 2. The van der Waals surface area contributed by atoms with Gasteiger partial charge in [0, 0.05) is 29.2 Å². The van der Waals surface area contributed by atoms with E-state index in [9.17, 15) is 20.1 Å². The molecule has 1 aromatic heterocycles. The summed E-state index contributed by atoms with van der Waals surface area (Å²) in [4.78, 5) is 13.7. The summed E-state index contributed by atoms with van der Waals surface area (Å²) in [6.07, 6.45) is 0.956. The Morgan fingerprint density at radius 1 is 0.889 bits per heavy atom. The Morgan fingerprint density at radius 3 is 2.33 bits per heavy atom. The number of aromatic nitrogens is 2. The van der Waals surface area contributed by atoms with E-state index in [1.807, 2.05) is 54.1 Å². The maximum absolute atomic E-state index is 13.7. The maximum atomic E-state index is 13.7. The zero-order valence-electron chi connectivity index (χ0n) is 19.6. The summed E-state index contributed by atoms with van der Waals surface area (Å²) in [6.45, 7) is 1.92. The molecule has 0 amide bonds. The number of fused-ring (bicyclic) bond motifs is 1. The van der Waals surface area contributed by atoms with Crippen molar-refractivity contribution in [3.8, 4) is 22.9 Å². The number of carbonyl (C=O) groups excluding carboxylic acids is 1. The van der Waals surface area contributed by atoms with Gasteiger partial charge >= 0.3 is 0 Å². The first-order chi connectivity index (χ1) is 17.4. The molecule has 0 fully saturated rings. The predicted molar refractivity (Wildman–Crippen MR) is 136 cm³/mol. The molecular weight excluding hydrogens is 454 g/mol. The van der Waals surface area contributed by atoms with Crippen LogP contribution < -0.4 is 5.32 Å². The van der Waals surface area contributed by atoms with Crippen LogP contribution in [-0.4, -0.2) is 30.9 Å². The number of hydrogen-bond donors (Lipinski definition) is 4. The van der Waals surface area contributed by atoms with Crippen molar-refractivity contribution in [1.29, 1.82) is 0 Å². The van der Waals surface area contributed by atoms with Crippen LogP contribution in [0.4, 0.5) is 5.82 Å². The van der Waals surface area contributed by atoms with Crippen molar-refractivity contribution in [2.45, 2.75) is 31.6 Å². The highest BCUT2D eigenvalue weighted by molar-refractivity contribution is 6.01. The first kappa shape index (κ1) is 22.0. The molecule has 0 saturated heterocycles. The molecule has 3 aromatic carbocycles. The number of hydrogen-bond acceptors (Lipinski definition) is 6. The number of nitrogens with one attached hydrogen (secondary N) is 1. The molecule has 1 aliphatic heterocycles. The fourth-order valence-corrected chi connectivity index (χ4v) is 5.47. The third-order valence-corrected chi connectivity index (χ3v) is 7.16. The number of allylic oxidation sites excluding steroid dienone is 2. The molecule has 180 valence electrons. The molecule has 2 atom stereocenters. The van der Waals surface area contributed by atoms with Crippen LogP contribution >= 0.6 is 0 Å². The molecular formula is C29H25N3O4. The molecule has 36 heavy (non-hydrogen) atoms. The fraction of sp³-hybridized carbons (Fsp3) is 0.172. The summed E-state index contributed by atoms with van der Waals surface area (Å²) < 4.78 is 1.86. The van der Waals surface area contributed by atoms with Crippen molar-refractivity contribution in [3.05, 3.63) is 106 Å². The Hall–Kier alpha value is -4.52. The second-order valence-corrected chi connectivity index (χ2v) is 9.41. The molecule has 2 heterocycles. The van der Waals surface area contributed by atoms with Gasteiger partial charge in [0.1, 0.15) is 11.6 Å². The Balaban J connectivity index is 1.53. The number of aryl methyl sites for hydroxylation is 1. The monoisotopic (exact) mass is 479 g/mol. The zero-order valence-corrected chi connectivity index (χ0v) is 19.6. The summed E-state index contributed by atoms with van der Waals surface area (Å²) in [6, 6.07) is 21.5. The smallest absolute Gasteiger partial charge is 0.162 e. The van der Waals surface area contributed by atoms with Gasteiger partial charge in [-0.2, -0.15) is 5.10 Å². The van der Waals surface area contributed by atoms with E-state index in [4.69, 9.17) is 5.10 Å². The minimum atomic E-state index is -0.437. The van der Waals surface area contributed by atoms with E-state index in [-0.39, 0.29) is 28.9 Å². The maximum Gasteiger partial charge on any atom is 0.162 e. The quantitative estimate of drug-likeness (QED) is 0.299. The second-order valence-electron chi connectivity index (χ2n) is 9.41. The third kappa shape index (κ3) is 3.51. The number of anilines is 1. The molecule has 0 unspecified atom stereocenters. The molecule has 7 heteroatoms. The van der Waals surface area contributed by atoms with Crippen molar-refractivity contribution in [2.75, 3.05) is 5.32 Å². The number of phenols is 3. The Morgan fingerprint density at radius 2 is 1.61 bits per heavy atom. The van der Waals surface area contributed by atoms with Gasteiger partial charge in [-0.1, -0.05) is 36.4 Å². The van der Waals surface area contributed by atoms with Crippen molar-refractivity contribution < 1.29 is 20.1 Å². The molecule has 1 aliphatic carbocycles. The van der Waals surface area contributed by atoms with Crippen LogP contribution in [0.3, 0.4) is 0 Å². The summed E-state index contributed by atoms with van der Waals surface area (Å²) in [7, 11) is 0. The lowest BCUT2D eigenvalue weighted by atomic mass is 9.72. The van der Waals surface area contributed by atoms with Gasteiger partial charge in [0.05, 0.1) is 11.4 Å². The minimum absolute atomic E-state index is 0.0249. The molecule has 0 saturated carbocycles. The SMILES string of the molecule is Cc1nn(-c2ccccc2)c2c1[C@@H](c1ccc(O)c(O)c1)C1=C(C[C@@H](c3ccc(O)cc3)CC1=O)N2. The van der Waals surface area contributed by atoms with Crippen LogP contribution in [0.5, 0.6) is 17.2 Å². The van der Waals surface area contributed by atoms with E-state index in [1.165, 1.54) is 12.1 Å². The Bertz CT molecular complexity index is 1520. The lowest BCUT2D eigenvalue weighted by molar-refractivity contribution is -0.116. The number of rotatable bonds is 3. The molecule has 0 radical (unpaired) electrons. The van der Waals surface area contributed by atoms with Gasteiger partial charge in [0.2, 0.25) is 0 Å². The number of carbonyl (C=O) groups is 1. The van der Waals surface area contributed by atoms with E-state index in [2.05, 4.69) is 5.32 Å². The molecule has 6 rings (SSSR count). The predicted octanol–water partition coefficient (Wildman–Crippen LogP) is 5.26. The summed E-state index contributed by atoms with van der Waals surface area (Å²) in [5.74, 6) is 0.0958. The van der Waals surface area contributed by atoms with Crippen LogP contribution in [0, 0.1) is 6.92 Å². The first-order valence-electron chi connectivity index (χ1n) is 11.9. The molecule has 2 aliphatic rings. The molecule has 0 spiro atoms. The van der Waals surface area contributed by atoms with E-state index in [0.717, 1.165) is 34.0 Å². The van der Waals surface area contributed by atoms with E-state index in [1.54, 1.807) is 18.2 Å². The second kappa shape index (κ2) is 8.30. The van der Waals surface area contributed by atoms with Gasteiger partial charge in [-0.15, -0.1) is 0 Å². The highest BCUT2D eigenvalue weighted by Crippen LogP contribution is 2.50. The zero-order chi connectivity index (χ0) is 25.0. The standard InChI is InChI=1S/C29H25N3O4/c1-16-26-27(18-9-12-23(34)24(35)14-18)28-22(30-29(26)32(31-16)20-5-3-2-4-6-20)13-19(15-25(28)36)17-7-10-21(33)11-8-17/h2-12,14,19,27,30,33-35H,13,15H2,1H3/t19-,27-/m1/s1. The molecule has 4 N–H and O–H groups in total. The molecule has 4 aromatic rings. The summed E-state index contributed by atoms with van der Waals surface area (Å²) in [5.41, 5.74) is 5.74. The lowest BCUT2D eigenvalue weighted by Gasteiger charge is -2.36. The normalized spacial score (nSPS) is 19.0. The fourth-order valence-electron chi connectivity index (χ4n) is 5.47. The van der Waals surface area contributed by atoms with E-state index in [0.29, 0.717) is 24.0 Å². The summed E-state index contributed by atoms with van der Waals surface area (Å²) in [5, 5.41) is 38.3. The van der Waals surface area contributed by atoms with Gasteiger partial charge in [-0.25, -0.2) is 4.68 Å². The largest absolute Gasteiger partial charge is 0.508 e. The summed E-state index contributed by atoms with van der Waals surface area (Å²) >= 11 is 0. The number of Topliss-reactive ketones (excluding diaryl/α,β-unsaturated/α-hetero) is 1. The van der Waals surface area contributed by atoms with Gasteiger partial charge in [-0.05, 0) is 66.8 Å². The van der Waals surface area contributed by atoms with E-state index < -0.39 is 5.92 Å². The van der Waals surface area contributed by atoms with Gasteiger partial charge in [-0.3, -0.25) is 4.79 Å². The number of para-hydroxylation sites is 1. The van der Waals surface area contributed by atoms with Gasteiger partial charge in [0.25, 0.3) is 0 Å². The van der Waals surface area contributed by atoms with Crippen molar-refractivity contribution in [1.82, 2.24) is 9.78 Å². The number of benzene rings is 3. The first-order valence-corrected chi connectivity index (χ1v) is 11.9. The topological polar surface area (TPSA) is 108 Å². The number of ketones is 1. The number of aromatic hydroxyl groups is 3. The van der Waals surface area contributed by atoms with E-state index >= 15 is 0 Å². The van der Waals surface area contributed by atoms with Crippen molar-refractivity contribution >= 4 is 11.6 Å². The van der Waals surface area contributed by atoms with Gasteiger partial charge in [0.15, 0.2) is 17.3 Å². The van der Waals surface area contributed by atoms with Crippen LogP contribution in [0.25, 0.3) is 5.69 Å². The van der Waals surface area contributed by atoms with Crippen LogP contribution in [0.15, 0.2) is 84.1 Å². The van der Waals surface area contributed by atoms with Crippen LogP contribution in [0.1, 0.15) is 47.1 Å². The minimum Gasteiger partial charge on any atom is -0.508 e. The number of phenolic OH excluding ortho intramolecular Hbond substituents is 3. The highest BCUT2D eigenvalue weighted by atomic mass is 16.3. The molecule has 7 nitrogen and oxygen atoms in total. The molecule has 0 bridgehead atoms. The highest BCUT2D eigenvalue weighted by Gasteiger charge is 2.41. The van der Waals surface area contributed by atoms with Gasteiger partial charge < -0.3 is 20.6 Å². The average Bonchev–Trinajstić information content (AvgIpc) is 3.21. The van der Waals surface area contributed by atoms with Crippen molar-refractivity contribution in [3.63, 3.8) is 0 Å². The average molecular weight is 480 g/mol. The third-order valence-electron chi connectivity index (χ3n) is 7.16. The lowest BCUT2D eigenvalue weighted by Crippen LogP contribution is -2.30.